The lowest BCUT2D eigenvalue weighted by atomic mass is 10.1. The van der Waals surface area contributed by atoms with Crippen molar-refractivity contribution >= 4 is 5.97 Å². The fourth-order valence-electron chi connectivity index (χ4n) is 1.81. The van der Waals surface area contributed by atoms with E-state index in [1.807, 2.05) is 13.8 Å². The Morgan fingerprint density at radius 3 is 2.62 bits per heavy atom. The molecular formula is C10H16O3. The van der Waals surface area contributed by atoms with E-state index in [0.717, 1.165) is 12.8 Å². The van der Waals surface area contributed by atoms with Crippen LogP contribution in [0, 0.1) is 11.8 Å². The van der Waals surface area contributed by atoms with Crippen LogP contribution in [-0.4, -0.2) is 24.8 Å². The van der Waals surface area contributed by atoms with Crippen LogP contribution in [0.5, 0.6) is 0 Å². The molecular weight excluding hydrogens is 168 g/mol. The Labute approximate surface area is 78.4 Å². The number of fused-ring (bicyclic) bond motifs is 1. The third-order valence-corrected chi connectivity index (χ3v) is 2.61. The molecule has 13 heavy (non-hydrogen) atoms. The van der Waals surface area contributed by atoms with Gasteiger partial charge in [0.05, 0.1) is 24.7 Å². The van der Waals surface area contributed by atoms with E-state index in [0.29, 0.717) is 24.7 Å². The topological polar surface area (TPSA) is 38.8 Å². The van der Waals surface area contributed by atoms with Crippen LogP contribution in [0.15, 0.2) is 0 Å². The number of hydrogen-bond acceptors (Lipinski definition) is 3. The summed E-state index contributed by atoms with van der Waals surface area (Å²) in [5.41, 5.74) is 0. The largest absolute Gasteiger partial charge is 0.465 e. The van der Waals surface area contributed by atoms with Gasteiger partial charge in [-0.15, -0.1) is 0 Å². The van der Waals surface area contributed by atoms with E-state index in [-0.39, 0.29) is 11.9 Å². The van der Waals surface area contributed by atoms with E-state index in [1.165, 1.54) is 0 Å². The first-order valence-electron chi connectivity index (χ1n) is 4.99. The number of esters is 1. The number of carbonyl (C=O) groups is 1. The third kappa shape index (κ3) is 2.02. The molecule has 0 aromatic rings. The highest BCUT2D eigenvalue weighted by atomic mass is 16.6. The SMILES string of the molecule is CC(C)COC(=O)C1CC2OC2C1. The Balaban J connectivity index is 1.71. The van der Waals surface area contributed by atoms with Crippen molar-refractivity contribution in [3.05, 3.63) is 0 Å². The van der Waals surface area contributed by atoms with Gasteiger partial charge in [0.1, 0.15) is 0 Å². The molecule has 2 rings (SSSR count). The molecule has 1 heterocycles. The number of carbonyl (C=O) groups excluding carboxylic acids is 1. The Kier molecular flexibility index (Phi) is 2.28. The molecule has 0 bridgehead atoms. The van der Waals surface area contributed by atoms with Gasteiger partial charge in [0.25, 0.3) is 0 Å². The summed E-state index contributed by atoms with van der Waals surface area (Å²) >= 11 is 0. The molecule has 0 spiro atoms. The van der Waals surface area contributed by atoms with Gasteiger partial charge in [-0.2, -0.15) is 0 Å². The smallest absolute Gasteiger partial charge is 0.309 e. The number of hydrogen-bond donors (Lipinski definition) is 0. The molecule has 3 nitrogen and oxygen atoms in total. The summed E-state index contributed by atoms with van der Waals surface area (Å²) in [5.74, 6) is 0.517. The zero-order chi connectivity index (χ0) is 9.42. The van der Waals surface area contributed by atoms with E-state index in [2.05, 4.69) is 0 Å². The second-order valence-corrected chi connectivity index (χ2v) is 4.41. The molecule has 2 unspecified atom stereocenters. The predicted molar refractivity (Wildman–Crippen MR) is 47.2 cm³/mol. The molecule has 0 radical (unpaired) electrons. The van der Waals surface area contributed by atoms with Crippen LogP contribution < -0.4 is 0 Å². The number of ether oxygens (including phenoxy) is 2. The van der Waals surface area contributed by atoms with E-state index in [1.54, 1.807) is 0 Å². The lowest BCUT2D eigenvalue weighted by Crippen LogP contribution is -2.19. The van der Waals surface area contributed by atoms with Crippen LogP contribution in [0.25, 0.3) is 0 Å². The maximum Gasteiger partial charge on any atom is 0.309 e. The van der Waals surface area contributed by atoms with E-state index in [4.69, 9.17) is 9.47 Å². The third-order valence-electron chi connectivity index (χ3n) is 2.61. The Morgan fingerprint density at radius 2 is 2.08 bits per heavy atom. The van der Waals surface area contributed by atoms with Gasteiger partial charge in [0.15, 0.2) is 0 Å². The van der Waals surface area contributed by atoms with Gasteiger partial charge in [-0.1, -0.05) is 13.8 Å². The van der Waals surface area contributed by atoms with Gasteiger partial charge < -0.3 is 9.47 Å². The standard InChI is InChI=1S/C10H16O3/c1-6(2)5-12-10(11)7-3-8-9(4-7)13-8/h6-9H,3-5H2,1-2H3. The molecule has 1 saturated heterocycles. The first-order valence-corrected chi connectivity index (χ1v) is 4.99. The summed E-state index contributed by atoms with van der Waals surface area (Å²) in [6, 6.07) is 0. The van der Waals surface area contributed by atoms with Crippen molar-refractivity contribution in [2.45, 2.75) is 38.9 Å². The van der Waals surface area contributed by atoms with Gasteiger partial charge >= 0.3 is 5.97 Å². The van der Waals surface area contributed by atoms with E-state index in [9.17, 15) is 4.79 Å². The van der Waals surface area contributed by atoms with Crippen LogP contribution in [-0.2, 0) is 14.3 Å². The first kappa shape index (κ1) is 9.00. The van der Waals surface area contributed by atoms with Crippen molar-refractivity contribution in [1.82, 2.24) is 0 Å². The lowest BCUT2D eigenvalue weighted by molar-refractivity contribution is -0.150. The zero-order valence-corrected chi connectivity index (χ0v) is 8.16. The molecule has 1 saturated carbocycles. The fraction of sp³-hybridized carbons (Fsp3) is 0.900. The first-order chi connectivity index (χ1) is 6.16. The second-order valence-electron chi connectivity index (χ2n) is 4.41. The molecule has 0 amide bonds. The summed E-state index contributed by atoms with van der Waals surface area (Å²) in [6.45, 7) is 4.64. The van der Waals surface area contributed by atoms with Crippen molar-refractivity contribution in [3.63, 3.8) is 0 Å². The van der Waals surface area contributed by atoms with Crippen molar-refractivity contribution in [2.75, 3.05) is 6.61 Å². The number of rotatable bonds is 3. The minimum absolute atomic E-state index is 0.0236. The Bertz CT molecular complexity index is 202. The predicted octanol–water partition coefficient (Wildman–Crippen LogP) is 1.36. The summed E-state index contributed by atoms with van der Waals surface area (Å²) in [5, 5.41) is 0. The molecule has 2 atom stereocenters. The van der Waals surface area contributed by atoms with Gasteiger partial charge in [-0.05, 0) is 18.8 Å². The average molecular weight is 184 g/mol. The molecule has 0 aromatic heterocycles. The minimum Gasteiger partial charge on any atom is -0.465 e. The normalized spacial score (nSPS) is 36.1. The molecule has 1 aliphatic carbocycles. The molecule has 1 aliphatic heterocycles. The fourth-order valence-corrected chi connectivity index (χ4v) is 1.81. The van der Waals surface area contributed by atoms with Crippen molar-refractivity contribution < 1.29 is 14.3 Å². The zero-order valence-electron chi connectivity index (χ0n) is 8.16. The molecule has 74 valence electrons. The maximum absolute atomic E-state index is 11.4. The second kappa shape index (κ2) is 3.29. The van der Waals surface area contributed by atoms with Crippen molar-refractivity contribution in [3.8, 4) is 0 Å². The van der Waals surface area contributed by atoms with Crippen LogP contribution in [0.3, 0.4) is 0 Å². The molecule has 0 aromatic carbocycles. The Hall–Kier alpha value is -0.570. The highest BCUT2D eigenvalue weighted by Gasteiger charge is 2.50. The molecule has 2 fully saturated rings. The van der Waals surface area contributed by atoms with E-state index >= 15 is 0 Å². The van der Waals surface area contributed by atoms with Crippen LogP contribution >= 0.6 is 0 Å². The number of epoxide rings is 1. The van der Waals surface area contributed by atoms with Gasteiger partial charge in [-0.3, -0.25) is 4.79 Å². The van der Waals surface area contributed by atoms with Crippen molar-refractivity contribution in [1.29, 1.82) is 0 Å². The van der Waals surface area contributed by atoms with Gasteiger partial charge in [0.2, 0.25) is 0 Å². The monoisotopic (exact) mass is 184 g/mol. The highest BCUT2D eigenvalue weighted by molar-refractivity contribution is 5.73. The Morgan fingerprint density at radius 1 is 1.46 bits per heavy atom. The summed E-state index contributed by atoms with van der Waals surface area (Å²) in [4.78, 5) is 11.4. The van der Waals surface area contributed by atoms with Crippen LogP contribution in [0.4, 0.5) is 0 Å². The lowest BCUT2D eigenvalue weighted by Gasteiger charge is -2.12. The maximum atomic E-state index is 11.4. The average Bonchev–Trinajstić information content (AvgIpc) is 2.69. The van der Waals surface area contributed by atoms with E-state index < -0.39 is 0 Å². The molecule has 0 N–H and O–H groups in total. The van der Waals surface area contributed by atoms with Crippen molar-refractivity contribution in [2.24, 2.45) is 11.8 Å². The van der Waals surface area contributed by atoms with Crippen LogP contribution in [0.2, 0.25) is 0 Å². The van der Waals surface area contributed by atoms with Crippen LogP contribution in [0.1, 0.15) is 26.7 Å². The molecule has 3 heteroatoms. The quantitative estimate of drug-likeness (QED) is 0.491. The summed E-state index contributed by atoms with van der Waals surface area (Å²) in [6.07, 6.45) is 2.50. The van der Waals surface area contributed by atoms with Gasteiger partial charge in [-0.25, -0.2) is 0 Å². The van der Waals surface area contributed by atoms with Gasteiger partial charge in [0, 0.05) is 0 Å². The summed E-state index contributed by atoms with van der Waals surface area (Å²) in [7, 11) is 0. The minimum atomic E-state index is -0.0236. The summed E-state index contributed by atoms with van der Waals surface area (Å²) < 4.78 is 10.4. The molecule has 2 aliphatic rings. The highest BCUT2D eigenvalue weighted by Crippen LogP contribution is 2.42.